The zero-order chi connectivity index (χ0) is 22.2. The SMILES string of the molecule is COc1ccc(C(=O)n2c(=O)n(S(=O)(=O)c3ccc(OC)cc3)c3ccccc32)cc1. The Balaban J connectivity index is 1.93. The summed E-state index contributed by atoms with van der Waals surface area (Å²) in [5.74, 6) is 0.379. The number of para-hydroxylation sites is 2. The molecule has 0 saturated carbocycles. The maximum Gasteiger partial charge on any atom is 0.350 e. The summed E-state index contributed by atoms with van der Waals surface area (Å²) >= 11 is 0. The second-order valence-corrected chi connectivity index (χ2v) is 8.37. The molecule has 0 spiro atoms. The van der Waals surface area contributed by atoms with Gasteiger partial charge in [-0.15, -0.1) is 0 Å². The van der Waals surface area contributed by atoms with Crippen LogP contribution >= 0.6 is 0 Å². The smallest absolute Gasteiger partial charge is 0.350 e. The Bertz CT molecular complexity index is 1430. The fourth-order valence-corrected chi connectivity index (χ4v) is 4.66. The summed E-state index contributed by atoms with van der Waals surface area (Å²) in [7, 11) is -1.31. The van der Waals surface area contributed by atoms with Crippen LogP contribution in [-0.4, -0.2) is 37.1 Å². The number of nitrogens with zero attached hydrogens (tertiary/aromatic N) is 2. The van der Waals surface area contributed by atoms with Gasteiger partial charge in [-0.1, -0.05) is 12.1 Å². The van der Waals surface area contributed by atoms with Crippen molar-refractivity contribution in [1.82, 2.24) is 8.54 Å². The van der Waals surface area contributed by atoms with Gasteiger partial charge in [-0.2, -0.15) is 3.97 Å². The standard InChI is InChI=1S/C22H18N2O6S/c1-29-16-9-7-15(8-10-16)21(25)23-19-5-3-4-6-20(19)24(22(23)26)31(27,28)18-13-11-17(30-2)12-14-18/h3-14H,1-2H3. The van der Waals surface area contributed by atoms with Crippen LogP contribution in [0.3, 0.4) is 0 Å². The van der Waals surface area contributed by atoms with E-state index in [0.29, 0.717) is 15.5 Å². The van der Waals surface area contributed by atoms with Gasteiger partial charge in [-0.05, 0) is 60.7 Å². The van der Waals surface area contributed by atoms with Crippen molar-refractivity contribution in [3.8, 4) is 11.5 Å². The monoisotopic (exact) mass is 438 g/mol. The largest absolute Gasteiger partial charge is 0.497 e. The molecule has 4 aromatic rings. The highest BCUT2D eigenvalue weighted by atomic mass is 32.2. The molecule has 0 bridgehead atoms. The number of benzene rings is 3. The summed E-state index contributed by atoms with van der Waals surface area (Å²) < 4.78 is 38.3. The van der Waals surface area contributed by atoms with E-state index in [9.17, 15) is 18.0 Å². The van der Waals surface area contributed by atoms with E-state index in [4.69, 9.17) is 9.47 Å². The molecule has 1 aromatic heterocycles. The third-order valence-electron chi connectivity index (χ3n) is 4.84. The van der Waals surface area contributed by atoms with Crippen molar-refractivity contribution in [3.63, 3.8) is 0 Å². The minimum absolute atomic E-state index is 0.102. The highest BCUT2D eigenvalue weighted by Gasteiger charge is 2.28. The van der Waals surface area contributed by atoms with Gasteiger partial charge in [0.15, 0.2) is 0 Å². The molecule has 0 unspecified atom stereocenters. The van der Waals surface area contributed by atoms with Gasteiger partial charge in [-0.25, -0.2) is 17.8 Å². The predicted molar refractivity (Wildman–Crippen MR) is 114 cm³/mol. The van der Waals surface area contributed by atoms with Crippen LogP contribution in [0.1, 0.15) is 10.4 Å². The summed E-state index contributed by atoms with van der Waals surface area (Å²) in [6, 6.07) is 18.1. The van der Waals surface area contributed by atoms with E-state index in [2.05, 4.69) is 0 Å². The fourth-order valence-electron chi connectivity index (χ4n) is 3.27. The first-order valence-corrected chi connectivity index (χ1v) is 10.6. The molecule has 158 valence electrons. The lowest BCUT2D eigenvalue weighted by atomic mass is 10.2. The summed E-state index contributed by atoms with van der Waals surface area (Å²) in [6.07, 6.45) is 0. The first kappa shape index (κ1) is 20.4. The molecule has 0 aliphatic rings. The van der Waals surface area contributed by atoms with Gasteiger partial charge in [-0.3, -0.25) is 4.79 Å². The molecule has 0 fully saturated rings. The maximum atomic E-state index is 13.3. The molecule has 0 aliphatic carbocycles. The highest BCUT2D eigenvalue weighted by Crippen LogP contribution is 2.22. The number of aromatic nitrogens is 2. The molecule has 9 heteroatoms. The molecule has 0 radical (unpaired) electrons. The predicted octanol–water partition coefficient (Wildman–Crippen LogP) is 2.75. The molecule has 0 N–H and O–H groups in total. The van der Waals surface area contributed by atoms with Gasteiger partial charge in [0.05, 0.1) is 30.1 Å². The van der Waals surface area contributed by atoms with Gasteiger partial charge >= 0.3 is 5.69 Å². The van der Waals surface area contributed by atoms with Gasteiger partial charge in [0.25, 0.3) is 15.9 Å². The van der Waals surface area contributed by atoms with Crippen molar-refractivity contribution in [2.75, 3.05) is 14.2 Å². The normalized spacial score (nSPS) is 11.4. The Kier molecular flexibility index (Phi) is 5.12. The number of imidazole rings is 1. The Hall–Kier alpha value is -3.85. The molecule has 0 aliphatic heterocycles. The zero-order valence-electron chi connectivity index (χ0n) is 16.7. The number of ether oxygens (including phenoxy) is 2. The van der Waals surface area contributed by atoms with E-state index in [-0.39, 0.29) is 21.5 Å². The molecule has 0 saturated heterocycles. The van der Waals surface area contributed by atoms with Crippen LogP contribution in [0.4, 0.5) is 0 Å². The number of fused-ring (bicyclic) bond motifs is 1. The van der Waals surface area contributed by atoms with E-state index in [1.54, 1.807) is 24.3 Å². The number of carbonyl (C=O) groups is 1. The van der Waals surface area contributed by atoms with Gasteiger partial charge in [0.1, 0.15) is 11.5 Å². The molecule has 4 rings (SSSR count). The molecule has 0 atom stereocenters. The number of methoxy groups -OCH3 is 2. The fraction of sp³-hybridized carbons (Fsp3) is 0.0909. The number of hydrogen-bond acceptors (Lipinski definition) is 6. The lowest BCUT2D eigenvalue weighted by Gasteiger charge is -2.07. The van der Waals surface area contributed by atoms with Gasteiger partial charge < -0.3 is 9.47 Å². The third-order valence-corrected chi connectivity index (χ3v) is 6.55. The van der Waals surface area contributed by atoms with E-state index in [0.717, 1.165) is 4.57 Å². The second kappa shape index (κ2) is 7.77. The molecule has 1 heterocycles. The van der Waals surface area contributed by atoms with E-state index >= 15 is 0 Å². The van der Waals surface area contributed by atoms with Crippen LogP contribution in [0, 0.1) is 0 Å². The van der Waals surface area contributed by atoms with Crippen LogP contribution in [0.5, 0.6) is 11.5 Å². The topological polar surface area (TPSA) is 96.6 Å². The third kappa shape index (κ3) is 3.38. The van der Waals surface area contributed by atoms with Crippen molar-refractivity contribution >= 4 is 27.0 Å². The molecule has 8 nitrogen and oxygen atoms in total. The molecule has 31 heavy (non-hydrogen) atoms. The number of rotatable bonds is 5. The van der Waals surface area contributed by atoms with Crippen molar-refractivity contribution in [3.05, 3.63) is 88.8 Å². The average Bonchev–Trinajstić information content (AvgIpc) is 3.11. The second-order valence-electron chi connectivity index (χ2n) is 6.59. The van der Waals surface area contributed by atoms with Crippen LogP contribution in [-0.2, 0) is 10.0 Å². The summed E-state index contributed by atoms with van der Waals surface area (Å²) in [5.41, 5.74) is -0.471. The lowest BCUT2D eigenvalue weighted by molar-refractivity contribution is 0.0961. The summed E-state index contributed by atoms with van der Waals surface area (Å²) in [4.78, 5) is 26.3. The summed E-state index contributed by atoms with van der Waals surface area (Å²) in [6.45, 7) is 0. The Morgan fingerprint density at radius 1 is 0.774 bits per heavy atom. The highest BCUT2D eigenvalue weighted by molar-refractivity contribution is 7.90. The number of carbonyl (C=O) groups excluding carboxylic acids is 1. The first-order valence-electron chi connectivity index (χ1n) is 9.19. The van der Waals surface area contributed by atoms with Crippen LogP contribution < -0.4 is 15.2 Å². The molecule has 0 amide bonds. The van der Waals surface area contributed by atoms with E-state index < -0.39 is 21.6 Å². The summed E-state index contributed by atoms with van der Waals surface area (Å²) in [5, 5.41) is 0. The lowest BCUT2D eigenvalue weighted by Crippen LogP contribution is -2.33. The van der Waals surface area contributed by atoms with Crippen LogP contribution in [0.2, 0.25) is 0 Å². The Labute approximate surface area is 177 Å². The molecule has 3 aromatic carbocycles. The van der Waals surface area contributed by atoms with Crippen LogP contribution in [0.25, 0.3) is 11.0 Å². The quantitative estimate of drug-likeness (QED) is 0.475. The first-order chi connectivity index (χ1) is 14.9. The molecular weight excluding hydrogens is 420 g/mol. The zero-order valence-corrected chi connectivity index (χ0v) is 17.5. The number of hydrogen-bond donors (Lipinski definition) is 0. The van der Waals surface area contributed by atoms with Gasteiger partial charge in [0.2, 0.25) is 0 Å². The molecular formula is C22H18N2O6S. The van der Waals surface area contributed by atoms with E-state index in [1.807, 2.05) is 0 Å². The van der Waals surface area contributed by atoms with Crippen molar-refractivity contribution < 1.29 is 22.7 Å². The average molecular weight is 438 g/mol. The minimum atomic E-state index is -4.27. The van der Waals surface area contributed by atoms with Crippen molar-refractivity contribution in [2.45, 2.75) is 4.90 Å². The Morgan fingerprint density at radius 2 is 1.29 bits per heavy atom. The van der Waals surface area contributed by atoms with Crippen molar-refractivity contribution in [1.29, 1.82) is 0 Å². The van der Waals surface area contributed by atoms with E-state index in [1.165, 1.54) is 62.8 Å². The van der Waals surface area contributed by atoms with Crippen molar-refractivity contribution in [2.24, 2.45) is 0 Å². The van der Waals surface area contributed by atoms with Gasteiger partial charge in [0, 0.05) is 5.56 Å². The van der Waals surface area contributed by atoms with Crippen LogP contribution in [0.15, 0.2) is 82.5 Å². The maximum absolute atomic E-state index is 13.3. The Morgan fingerprint density at radius 3 is 1.84 bits per heavy atom. The minimum Gasteiger partial charge on any atom is -0.497 e.